The monoisotopic (exact) mass is 277 g/mol. The average molecular weight is 277 g/mol. The summed E-state index contributed by atoms with van der Waals surface area (Å²) < 4.78 is 6.08. The molecule has 20 heavy (non-hydrogen) atoms. The Morgan fingerprint density at radius 2 is 2.00 bits per heavy atom. The predicted octanol–water partition coefficient (Wildman–Crippen LogP) is 5.10. The van der Waals surface area contributed by atoms with E-state index in [1.54, 1.807) is 0 Å². The Balaban J connectivity index is 2.16. The van der Waals surface area contributed by atoms with E-state index in [4.69, 9.17) is 4.42 Å². The zero-order valence-corrected chi connectivity index (χ0v) is 13.5. The van der Waals surface area contributed by atoms with Gasteiger partial charge in [-0.3, -0.25) is 0 Å². The molecule has 1 heterocycles. The van der Waals surface area contributed by atoms with Gasteiger partial charge in [-0.15, -0.1) is 0 Å². The van der Waals surface area contributed by atoms with Crippen molar-refractivity contribution in [2.75, 3.05) is 6.54 Å². The fraction of sp³-hybridized carbons (Fsp3) is 0.778. The van der Waals surface area contributed by atoms with Crippen LogP contribution < -0.4 is 5.32 Å². The number of furan rings is 1. The highest BCUT2D eigenvalue weighted by atomic mass is 16.3. The third kappa shape index (κ3) is 3.66. The van der Waals surface area contributed by atoms with Gasteiger partial charge < -0.3 is 9.73 Å². The van der Waals surface area contributed by atoms with Crippen LogP contribution >= 0.6 is 0 Å². The molecule has 1 fully saturated rings. The minimum absolute atomic E-state index is 0.417. The standard InChI is InChI=1S/C18H31NO/c1-4-13-19-18(17-12-11-15(6-3)20-17)16-10-8-7-9-14(16)5-2/h11-12,14,16,18-19H,4-10,13H2,1-3H3. The Bertz CT molecular complexity index is 385. The minimum atomic E-state index is 0.417. The molecule has 0 amide bonds. The van der Waals surface area contributed by atoms with Gasteiger partial charge in [-0.05, 0) is 43.4 Å². The van der Waals surface area contributed by atoms with Gasteiger partial charge in [0, 0.05) is 6.42 Å². The average Bonchev–Trinajstić information content (AvgIpc) is 2.97. The van der Waals surface area contributed by atoms with Gasteiger partial charge in [-0.25, -0.2) is 0 Å². The van der Waals surface area contributed by atoms with Crippen molar-refractivity contribution in [1.29, 1.82) is 0 Å². The number of hydrogen-bond donors (Lipinski definition) is 1. The molecule has 3 unspecified atom stereocenters. The van der Waals surface area contributed by atoms with E-state index in [1.807, 2.05) is 0 Å². The van der Waals surface area contributed by atoms with Gasteiger partial charge >= 0.3 is 0 Å². The lowest BCUT2D eigenvalue weighted by molar-refractivity contribution is 0.160. The maximum atomic E-state index is 6.08. The van der Waals surface area contributed by atoms with E-state index < -0.39 is 0 Å². The first-order chi connectivity index (χ1) is 9.80. The summed E-state index contributed by atoms with van der Waals surface area (Å²) in [6.07, 6.45) is 9.01. The summed E-state index contributed by atoms with van der Waals surface area (Å²) in [6, 6.07) is 4.77. The summed E-state index contributed by atoms with van der Waals surface area (Å²) in [5, 5.41) is 3.76. The summed E-state index contributed by atoms with van der Waals surface area (Å²) in [7, 11) is 0. The van der Waals surface area contributed by atoms with Crippen molar-refractivity contribution in [2.45, 2.75) is 71.8 Å². The first kappa shape index (κ1) is 15.6. The molecule has 0 bridgehead atoms. The minimum Gasteiger partial charge on any atom is -0.464 e. The second kappa shape index (κ2) is 7.87. The van der Waals surface area contributed by atoms with Crippen molar-refractivity contribution in [3.63, 3.8) is 0 Å². The SMILES string of the molecule is CCCNC(c1ccc(CC)o1)C1CCCCC1CC. The first-order valence-electron chi connectivity index (χ1n) is 8.62. The molecule has 1 aromatic rings. The molecular formula is C18H31NO. The molecule has 2 rings (SSSR count). The van der Waals surface area contributed by atoms with E-state index in [0.29, 0.717) is 6.04 Å². The molecule has 2 nitrogen and oxygen atoms in total. The van der Waals surface area contributed by atoms with Gasteiger partial charge in [0.25, 0.3) is 0 Å². The van der Waals surface area contributed by atoms with Gasteiger partial charge in [0.05, 0.1) is 6.04 Å². The third-order valence-corrected chi connectivity index (χ3v) is 4.87. The van der Waals surface area contributed by atoms with E-state index >= 15 is 0 Å². The maximum Gasteiger partial charge on any atom is 0.121 e. The second-order valence-electron chi connectivity index (χ2n) is 6.21. The van der Waals surface area contributed by atoms with Crippen LogP contribution in [0.3, 0.4) is 0 Å². The molecule has 0 radical (unpaired) electrons. The summed E-state index contributed by atoms with van der Waals surface area (Å²) in [4.78, 5) is 0. The van der Waals surface area contributed by atoms with Crippen molar-refractivity contribution < 1.29 is 4.42 Å². The van der Waals surface area contributed by atoms with E-state index in [1.165, 1.54) is 44.3 Å². The van der Waals surface area contributed by atoms with Crippen LogP contribution in [0.5, 0.6) is 0 Å². The fourth-order valence-electron chi connectivity index (χ4n) is 3.70. The number of hydrogen-bond acceptors (Lipinski definition) is 2. The van der Waals surface area contributed by atoms with Crippen molar-refractivity contribution >= 4 is 0 Å². The molecule has 1 aromatic heterocycles. The van der Waals surface area contributed by atoms with Crippen LogP contribution in [0.25, 0.3) is 0 Å². The zero-order valence-electron chi connectivity index (χ0n) is 13.5. The molecular weight excluding hydrogens is 246 g/mol. The quantitative estimate of drug-likeness (QED) is 0.750. The molecule has 0 aromatic carbocycles. The molecule has 0 spiro atoms. The zero-order chi connectivity index (χ0) is 14.4. The fourth-order valence-corrected chi connectivity index (χ4v) is 3.70. The second-order valence-corrected chi connectivity index (χ2v) is 6.21. The van der Waals surface area contributed by atoms with Gasteiger partial charge in [0.1, 0.15) is 11.5 Å². The van der Waals surface area contributed by atoms with Crippen LogP contribution in [0.2, 0.25) is 0 Å². The van der Waals surface area contributed by atoms with E-state index in [9.17, 15) is 0 Å². The Hall–Kier alpha value is -0.760. The van der Waals surface area contributed by atoms with Crippen LogP contribution in [-0.2, 0) is 6.42 Å². The van der Waals surface area contributed by atoms with E-state index in [-0.39, 0.29) is 0 Å². The van der Waals surface area contributed by atoms with Crippen molar-refractivity contribution in [3.8, 4) is 0 Å². The molecule has 0 saturated heterocycles. The Kier molecular flexibility index (Phi) is 6.15. The van der Waals surface area contributed by atoms with E-state index in [0.717, 1.165) is 30.6 Å². The van der Waals surface area contributed by atoms with Crippen LogP contribution in [0.4, 0.5) is 0 Å². The van der Waals surface area contributed by atoms with Crippen molar-refractivity contribution in [3.05, 3.63) is 23.7 Å². The molecule has 1 aliphatic carbocycles. The van der Waals surface area contributed by atoms with Gasteiger partial charge in [0.15, 0.2) is 0 Å². The highest BCUT2D eigenvalue weighted by molar-refractivity contribution is 5.12. The highest BCUT2D eigenvalue weighted by Gasteiger charge is 2.33. The van der Waals surface area contributed by atoms with Gasteiger partial charge in [0.2, 0.25) is 0 Å². The lowest BCUT2D eigenvalue weighted by atomic mass is 9.73. The predicted molar refractivity (Wildman–Crippen MR) is 84.9 cm³/mol. The van der Waals surface area contributed by atoms with Crippen LogP contribution in [-0.4, -0.2) is 6.54 Å². The molecule has 114 valence electrons. The first-order valence-corrected chi connectivity index (χ1v) is 8.62. The normalized spacial score (nSPS) is 24.8. The molecule has 1 aliphatic rings. The Labute approximate surface area is 124 Å². The summed E-state index contributed by atoms with van der Waals surface area (Å²) in [6.45, 7) is 7.83. The van der Waals surface area contributed by atoms with E-state index in [2.05, 4.69) is 38.2 Å². The van der Waals surface area contributed by atoms with Crippen LogP contribution in [0.15, 0.2) is 16.5 Å². The van der Waals surface area contributed by atoms with Crippen molar-refractivity contribution in [2.24, 2.45) is 11.8 Å². The Morgan fingerprint density at radius 1 is 1.20 bits per heavy atom. The number of rotatable bonds is 7. The summed E-state index contributed by atoms with van der Waals surface area (Å²) in [5.41, 5.74) is 0. The molecule has 0 aliphatic heterocycles. The van der Waals surface area contributed by atoms with Gasteiger partial charge in [-0.1, -0.05) is 46.5 Å². The number of aryl methyl sites for hydroxylation is 1. The topological polar surface area (TPSA) is 25.2 Å². The highest BCUT2D eigenvalue weighted by Crippen LogP contribution is 2.40. The summed E-state index contributed by atoms with van der Waals surface area (Å²) in [5.74, 6) is 3.89. The largest absolute Gasteiger partial charge is 0.464 e. The molecule has 1 N–H and O–H groups in total. The Morgan fingerprint density at radius 3 is 2.65 bits per heavy atom. The molecule has 2 heteroatoms. The smallest absolute Gasteiger partial charge is 0.121 e. The van der Waals surface area contributed by atoms with Crippen LogP contribution in [0, 0.1) is 11.8 Å². The molecule has 1 saturated carbocycles. The lowest BCUT2D eigenvalue weighted by Crippen LogP contribution is -2.34. The summed E-state index contributed by atoms with van der Waals surface area (Å²) >= 11 is 0. The number of nitrogens with one attached hydrogen (secondary N) is 1. The van der Waals surface area contributed by atoms with Gasteiger partial charge in [-0.2, -0.15) is 0 Å². The van der Waals surface area contributed by atoms with Crippen LogP contribution in [0.1, 0.15) is 76.9 Å². The lowest BCUT2D eigenvalue weighted by Gasteiger charge is -2.36. The third-order valence-electron chi connectivity index (χ3n) is 4.87. The van der Waals surface area contributed by atoms with Crippen molar-refractivity contribution in [1.82, 2.24) is 5.32 Å². The maximum absolute atomic E-state index is 6.08. The molecule has 3 atom stereocenters.